The Morgan fingerprint density at radius 1 is 1.06 bits per heavy atom. The molecule has 0 saturated heterocycles. The zero-order chi connectivity index (χ0) is 23.8. The van der Waals surface area contributed by atoms with Crippen LogP contribution in [-0.2, 0) is 15.4 Å². The minimum Gasteiger partial charge on any atom is -0.345 e. The average molecular weight is 454 g/mol. The number of hydrogen-bond donors (Lipinski definition) is 2. The van der Waals surface area contributed by atoms with Crippen LogP contribution in [0.2, 0.25) is 0 Å². The highest BCUT2D eigenvalue weighted by molar-refractivity contribution is 7.92. The van der Waals surface area contributed by atoms with Crippen LogP contribution in [0.3, 0.4) is 0 Å². The second-order valence-corrected chi connectivity index (χ2v) is 11.2. The predicted molar refractivity (Wildman–Crippen MR) is 131 cm³/mol. The molecular weight excluding hydrogens is 422 g/mol. The highest BCUT2D eigenvalue weighted by Crippen LogP contribution is 2.28. The molecule has 6 nitrogen and oxygen atoms in total. The van der Waals surface area contributed by atoms with Gasteiger partial charge in [0.1, 0.15) is 0 Å². The Hall–Kier alpha value is -2.93. The van der Waals surface area contributed by atoms with Crippen LogP contribution in [0.5, 0.6) is 0 Å². The fourth-order valence-corrected chi connectivity index (χ4v) is 4.28. The lowest BCUT2D eigenvalue weighted by Crippen LogP contribution is -2.27. The highest BCUT2D eigenvalue weighted by Gasteiger charge is 2.19. The van der Waals surface area contributed by atoms with E-state index >= 15 is 0 Å². The molecule has 1 heterocycles. The van der Waals surface area contributed by atoms with Crippen LogP contribution >= 0.6 is 0 Å². The number of pyridine rings is 1. The Balaban J connectivity index is 1.83. The molecule has 0 unspecified atom stereocenters. The number of sulfonamides is 1. The fourth-order valence-electron chi connectivity index (χ4n) is 3.66. The molecule has 0 aliphatic carbocycles. The molecule has 1 atom stereocenters. The number of anilines is 1. The van der Waals surface area contributed by atoms with E-state index in [9.17, 15) is 13.2 Å². The average Bonchev–Trinajstić information content (AvgIpc) is 2.67. The summed E-state index contributed by atoms with van der Waals surface area (Å²) in [5, 5.41) is 3.99. The van der Waals surface area contributed by atoms with E-state index in [1.54, 1.807) is 12.3 Å². The van der Waals surface area contributed by atoms with Crippen LogP contribution in [0, 0.1) is 13.8 Å². The Kier molecular flexibility index (Phi) is 6.33. The van der Waals surface area contributed by atoms with Gasteiger partial charge in [-0.05, 0) is 60.6 Å². The second kappa shape index (κ2) is 8.54. The summed E-state index contributed by atoms with van der Waals surface area (Å²) in [6, 6.07) is 11.4. The van der Waals surface area contributed by atoms with Gasteiger partial charge in [-0.1, -0.05) is 45.0 Å². The molecule has 0 aliphatic heterocycles. The van der Waals surface area contributed by atoms with Crippen molar-refractivity contribution in [1.29, 1.82) is 0 Å². The molecule has 1 aromatic heterocycles. The molecule has 7 heteroatoms. The number of hydrogen-bond acceptors (Lipinski definition) is 4. The van der Waals surface area contributed by atoms with Crippen LogP contribution < -0.4 is 10.0 Å². The largest absolute Gasteiger partial charge is 0.345 e. The number of aromatic nitrogens is 1. The van der Waals surface area contributed by atoms with Crippen molar-refractivity contribution >= 4 is 32.5 Å². The molecule has 1 amide bonds. The lowest BCUT2D eigenvalue weighted by atomic mass is 9.86. The normalized spacial score (nSPS) is 13.1. The van der Waals surface area contributed by atoms with E-state index in [1.165, 1.54) is 5.56 Å². The van der Waals surface area contributed by atoms with Crippen LogP contribution in [0.4, 0.5) is 5.69 Å². The number of amides is 1. The van der Waals surface area contributed by atoms with Gasteiger partial charge in [-0.2, -0.15) is 0 Å². The minimum atomic E-state index is -3.35. The van der Waals surface area contributed by atoms with Gasteiger partial charge >= 0.3 is 0 Å². The number of nitrogens with zero attached hydrogens (tertiary/aromatic N) is 1. The molecule has 2 N–H and O–H groups in total. The Morgan fingerprint density at radius 3 is 2.34 bits per heavy atom. The SMILES string of the molecule is Cc1cc([C@@H](C)NC(=O)c2cnc3cc(C(C)(C)C)ccc3c2C)ccc1NS(C)(=O)=O. The maximum Gasteiger partial charge on any atom is 0.253 e. The van der Waals surface area contributed by atoms with Crippen LogP contribution in [-0.4, -0.2) is 25.6 Å². The molecule has 3 aromatic rings. The van der Waals surface area contributed by atoms with Gasteiger partial charge in [0, 0.05) is 11.6 Å². The summed E-state index contributed by atoms with van der Waals surface area (Å²) >= 11 is 0. The Labute approximate surface area is 190 Å². The van der Waals surface area contributed by atoms with Gasteiger partial charge in [-0.3, -0.25) is 14.5 Å². The maximum absolute atomic E-state index is 13.0. The van der Waals surface area contributed by atoms with Crippen molar-refractivity contribution in [3.05, 3.63) is 70.4 Å². The Bertz CT molecular complexity index is 1290. The third-order valence-electron chi connectivity index (χ3n) is 5.64. The summed E-state index contributed by atoms with van der Waals surface area (Å²) in [4.78, 5) is 17.6. The van der Waals surface area contributed by atoms with E-state index in [4.69, 9.17) is 0 Å². The molecular formula is C25H31N3O3S. The molecule has 0 saturated carbocycles. The number of fused-ring (bicyclic) bond motifs is 1. The Morgan fingerprint density at radius 2 is 1.75 bits per heavy atom. The number of carbonyl (C=O) groups is 1. The van der Waals surface area contributed by atoms with E-state index in [-0.39, 0.29) is 17.4 Å². The smallest absolute Gasteiger partial charge is 0.253 e. The predicted octanol–water partition coefficient (Wildman–Crippen LogP) is 5.01. The van der Waals surface area contributed by atoms with Crippen molar-refractivity contribution in [2.75, 3.05) is 11.0 Å². The lowest BCUT2D eigenvalue weighted by molar-refractivity contribution is 0.0939. The monoisotopic (exact) mass is 453 g/mol. The molecule has 32 heavy (non-hydrogen) atoms. The van der Waals surface area contributed by atoms with Crippen LogP contribution in [0.25, 0.3) is 10.9 Å². The van der Waals surface area contributed by atoms with E-state index in [1.807, 2.05) is 39.0 Å². The third kappa shape index (κ3) is 5.27. The highest BCUT2D eigenvalue weighted by atomic mass is 32.2. The number of rotatable bonds is 5. The van der Waals surface area contributed by atoms with E-state index in [0.717, 1.165) is 33.8 Å². The van der Waals surface area contributed by atoms with Crippen molar-refractivity contribution in [2.24, 2.45) is 0 Å². The first kappa shape index (κ1) is 23.7. The molecule has 0 spiro atoms. The third-order valence-corrected chi connectivity index (χ3v) is 6.23. The number of benzene rings is 2. The maximum atomic E-state index is 13.0. The standard InChI is InChI=1S/C25H31N3O3S/c1-15-12-18(8-11-22(15)28-32(7,30)31)17(3)27-24(29)21-14-26-23-13-19(25(4,5)6)9-10-20(23)16(21)2/h8-14,17,28H,1-7H3,(H,27,29)/t17-/m1/s1. The molecule has 0 radical (unpaired) electrons. The van der Waals surface area contributed by atoms with Gasteiger partial charge in [0.05, 0.1) is 29.1 Å². The summed E-state index contributed by atoms with van der Waals surface area (Å²) in [5.74, 6) is -0.194. The van der Waals surface area contributed by atoms with Crippen LogP contribution in [0.15, 0.2) is 42.6 Å². The summed E-state index contributed by atoms with van der Waals surface area (Å²) in [6.07, 6.45) is 2.75. The van der Waals surface area contributed by atoms with E-state index in [0.29, 0.717) is 11.3 Å². The molecule has 2 aromatic carbocycles. The summed E-state index contributed by atoms with van der Waals surface area (Å²) < 4.78 is 25.5. The first-order chi connectivity index (χ1) is 14.8. The first-order valence-electron chi connectivity index (χ1n) is 10.6. The summed E-state index contributed by atoms with van der Waals surface area (Å²) in [7, 11) is -3.35. The van der Waals surface area contributed by atoms with Gasteiger partial charge in [-0.15, -0.1) is 0 Å². The van der Waals surface area contributed by atoms with Gasteiger partial charge in [-0.25, -0.2) is 8.42 Å². The van der Waals surface area contributed by atoms with Crippen molar-refractivity contribution in [3.8, 4) is 0 Å². The zero-order valence-electron chi connectivity index (χ0n) is 19.7. The van der Waals surface area contributed by atoms with E-state index in [2.05, 4.69) is 47.9 Å². The molecule has 3 rings (SSSR count). The quantitative estimate of drug-likeness (QED) is 0.568. The number of nitrogens with one attached hydrogen (secondary N) is 2. The van der Waals surface area contributed by atoms with Crippen molar-refractivity contribution in [3.63, 3.8) is 0 Å². The van der Waals surface area contributed by atoms with Crippen LogP contribution in [0.1, 0.15) is 66.3 Å². The summed E-state index contributed by atoms with van der Waals surface area (Å²) in [6.45, 7) is 12.2. The topological polar surface area (TPSA) is 88.2 Å². The lowest BCUT2D eigenvalue weighted by Gasteiger charge is -2.20. The van der Waals surface area contributed by atoms with Crippen molar-refractivity contribution in [2.45, 2.75) is 53.0 Å². The van der Waals surface area contributed by atoms with Gasteiger partial charge in [0.15, 0.2) is 0 Å². The zero-order valence-corrected chi connectivity index (χ0v) is 20.5. The van der Waals surface area contributed by atoms with Crippen molar-refractivity contribution in [1.82, 2.24) is 10.3 Å². The van der Waals surface area contributed by atoms with E-state index < -0.39 is 10.0 Å². The van der Waals surface area contributed by atoms with Gasteiger partial charge in [0.2, 0.25) is 10.0 Å². The van der Waals surface area contributed by atoms with Gasteiger partial charge in [0.25, 0.3) is 5.91 Å². The first-order valence-corrected chi connectivity index (χ1v) is 12.4. The minimum absolute atomic E-state index is 0.0275. The molecule has 0 fully saturated rings. The van der Waals surface area contributed by atoms with Crippen molar-refractivity contribution < 1.29 is 13.2 Å². The molecule has 0 aliphatic rings. The second-order valence-electron chi connectivity index (χ2n) is 9.42. The summed E-state index contributed by atoms with van der Waals surface area (Å²) in [5.41, 5.74) is 5.74. The van der Waals surface area contributed by atoms with Gasteiger partial charge < -0.3 is 5.32 Å². The number of carbonyl (C=O) groups excluding carboxylic acids is 1. The molecule has 170 valence electrons. The molecule has 0 bridgehead atoms. The fraction of sp³-hybridized carbons (Fsp3) is 0.360. The number of aryl methyl sites for hydroxylation is 2.